The van der Waals surface area contributed by atoms with Gasteiger partial charge in [-0.25, -0.2) is 4.79 Å². The van der Waals surface area contributed by atoms with Crippen LogP contribution in [0.25, 0.3) is 0 Å². The highest BCUT2D eigenvalue weighted by Crippen LogP contribution is 2.25. The highest BCUT2D eigenvalue weighted by molar-refractivity contribution is 5.82. The third kappa shape index (κ3) is 2.42. The Bertz CT molecular complexity index is 387. The largest absolute Gasteiger partial charge is 0.463 e. The summed E-state index contributed by atoms with van der Waals surface area (Å²) in [5, 5.41) is 3.34. The number of carbonyl (C=O) groups is 1. The smallest absolute Gasteiger partial charge is 0.330 e. The molecule has 1 aliphatic rings. The predicted molar refractivity (Wildman–Crippen MR) is 63.3 cm³/mol. The minimum atomic E-state index is -0.278. The van der Waals surface area contributed by atoms with E-state index < -0.39 is 0 Å². The van der Waals surface area contributed by atoms with Crippen LogP contribution in [-0.2, 0) is 16.0 Å². The zero-order valence-electron chi connectivity index (χ0n) is 9.27. The minimum absolute atomic E-state index is 0.196. The first-order valence-electron chi connectivity index (χ1n) is 5.49. The molecule has 1 aromatic rings. The maximum absolute atomic E-state index is 11.1. The van der Waals surface area contributed by atoms with Crippen LogP contribution in [0.1, 0.15) is 12.5 Å². The molecule has 0 amide bonds. The number of carbonyl (C=O) groups excluding carboxylic acids is 1. The monoisotopic (exact) mass is 217 g/mol. The maximum Gasteiger partial charge on any atom is 0.330 e. The van der Waals surface area contributed by atoms with Crippen LogP contribution in [0, 0.1) is 0 Å². The van der Waals surface area contributed by atoms with Gasteiger partial charge in [0.2, 0.25) is 0 Å². The summed E-state index contributed by atoms with van der Waals surface area (Å²) in [6.45, 7) is 2.22. The van der Waals surface area contributed by atoms with Gasteiger partial charge in [-0.15, -0.1) is 0 Å². The molecule has 0 unspecified atom stereocenters. The number of rotatable bonds is 3. The molecule has 1 aromatic carbocycles. The summed E-state index contributed by atoms with van der Waals surface area (Å²) < 4.78 is 4.83. The van der Waals surface area contributed by atoms with E-state index in [1.54, 1.807) is 6.92 Å². The van der Waals surface area contributed by atoms with Crippen molar-refractivity contribution < 1.29 is 9.53 Å². The van der Waals surface area contributed by atoms with E-state index in [1.165, 1.54) is 11.6 Å². The van der Waals surface area contributed by atoms with Crippen molar-refractivity contribution in [2.24, 2.45) is 0 Å². The van der Waals surface area contributed by atoms with Gasteiger partial charge in [0.25, 0.3) is 0 Å². The minimum Gasteiger partial charge on any atom is -0.463 e. The summed E-state index contributed by atoms with van der Waals surface area (Å²) >= 11 is 0. The van der Waals surface area contributed by atoms with Crippen molar-refractivity contribution in [1.82, 2.24) is 0 Å². The van der Waals surface area contributed by atoms with E-state index in [1.807, 2.05) is 24.3 Å². The van der Waals surface area contributed by atoms with E-state index in [2.05, 4.69) is 11.4 Å². The highest BCUT2D eigenvalue weighted by Gasteiger charge is 2.17. The number of fused-ring (bicyclic) bond motifs is 1. The van der Waals surface area contributed by atoms with Crippen molar-refractivity contribution in [3.05, 3.63) is 42.0 Å². The fourth-order valence-electron chi connectivity index (χ4n) is 1.83. The number of esters is 1. The van der Waals surface area contributed by atoms with Gasteiger partial charge >= 0.3 is 5.97 Å². The van der Waals surface area contributed by atoms with Crippen LogP contribution in [0.5, 0.6) is 0 Å². The van der Waals surface area contributed by atoms with Gasteiger partial charge in [0.1, 0.15) is 0 Å². The van der Waals surface area contributed by atoms with E-state index in [-0.39, 0.29) is 12.0 Å². The van der Waals surface area contributed by atoms with E-state index in [9.17, 15) is 4.79 Å². The number of hydrogen-bond donors (Lipinski definition) is 1. The first-order valence-corrected chi connectivity index (χ1v) is 5.49. The van der Waals surface area contributed by atoms with Crippen molar-refractivity contribution in [3.63, 3.8) is 0 Å². The second-order valence-corrected chi connectivity index (χ2v) is 3.72. The molecule has 0 aliphatic carbocycles. The average molecular weight is 217 g/mol. The second-order valence-electron chi connectivity index (χ2n) is 3.72. The Morgan fingerprint density at radius 3 is 3.12 bits per heavy atom. The third-order valence-electron chi connectivity index (χ3n) is 2.55. The quantitative estimate of drug-likeness (QED) is 0.622. The van der Waals surface area contributed by atoms with Crippen molar-refractivity contribution in [1.29, 1.82) is 0 Å². The normalized spacial score (nSPS) is 18.2. The van der Waals surface area contributed by atoms with Gasteiger partial charge in [-0.2, -0.15) is 0 Å². The van der Waals surface area contributed by atoms with E-state index in [0.717, 1.165) is 12.1 Å². The molecule has 1 atom stereocenters. The lowest BCUT2D eigenvalue weighted by Gasteiger charge is -2.04. The fourth-order valence-corrected chi connectivity index (χ4v) is 1.83. The van der Waals surface area contributed by atoms with Crippen molar-refractivity contribution in [2.45, 2.75) is 19.4 Å². The van der Waals surface area contributed by atoms with Crippen LogP contribution in [0.2, 0.25) is 0 Å². The molecule has 2 rings (SSSR count). The topological polar surface area (TPSA) is 38.3 Å². The molecular formula is C13H15NO2. The number of para-hydroxylation sites is 1. The number of anilines is 1. The third-order valence-corrected chi connectivity index (χ3v) is 2.55. The number of hydrogen-bond acceptors (Lipinski definition) is 3. The zero-order chi connectivity index (χ0) is 11.4. The van der Waals surface area contributed by atoms with Crippen molar-refractivity contribution in [2.75, 3.05) is 11.9 Å². The Kier molecular flexibility index (Phi) is 3.25. The van der Waals surface area contributed by atoms with Gasteiger partial charge in [-0.3, -0.25) is 0 Å². The summed E-state index contributed by atoms with van der Waals surface area (Å²) in [7, 11) is 0. The number of nitrogens with one attached hydrogen (secondary N) is 1. The average Bonchev–Trinajstić information content (AvgIpc) is 2.69. The standard InChI is InChI=1S/C13H15NO2/c1-2-16-13(15)8-7-11-9-10-5-3-4-6-12(10)14-11/h3-8,11,14H,2,9H2,1H3/t11-/m1/s1. The lowest BCUT2D eigenvalue weighted by molar-refractivity contribution is -0.137. The molecule has 0 radical (unpaired) electrons. The Labute approximate surface area is 95.1 Å². The predicted octanol–water partition coefficient (Wildman–Crippen LogP) is 2.14. The molecule has 0 fully saturated rings. The Morgan fingerprint density at radius 2 is 2.38 bits per heavy atom. The first kappa shape index (κ1) is 10.7. The Morgan fingerprint density at radius 1 is 1.56 bits per heavy atom. The maximum atomic E-state index is 11.1. The lowest BCUT2D eigenvalue weighted by atomic mass is 10.1. The van der Waals surface area contributed by atoms with Crippen LogP contribution in [0.3, 0.4) is 0 Å². The van der Waals surface area contributed by atoms with Crippen LogP contribution in [0.15, 0.2) is 36.4 Å². The number of ether oxygens (including phenoxy) is 1. The molecule has 3 nitrogen and oxygen atoms in total. The van der Waals surface area contributed by atoms with E-state index in [0.29, 0.717) is 6.61 Å². The summed E-state index contributed by atoms with van der Waals surface area (Å²) in [6.07, 6.45) is 4.27. The molecular weight excluding hydrogens is 202 g/mol. The van der Waals surface area contributed by atoms with Gasteiger partial charge in [0.15, 0.2) is 0 Å². The molecule has 0 aromatic heterocycles. The molecule has 0 saturated carbocycles. The molecule has 1 aliphatic heterocycles. The first-order chi connectivity index (χ1) is 7.79. The van der Waals surface area contributed by atoms with Crippen LogP contribution < -0.4 is 5.32 Å². The molecule has 3 heteroatoms. The van der Waals surface area contributed by atoms with Crippen LogP contribution in [-0.4, -0.2) is 18.6 Å². The van der Waals surface area contributed by atoms with Gasteiger partial charge in [0.05, 0.1) is 6.61 Å². The second kappa shape index (κ2) is 4.84. The van der Waals surface area contributed by atoms with E-state index >= 15 is 0 Å². The molecule has 16 heavy (non-hydrogen) atoms. The van der Waals surface area contributed by atoms with Gasteiger partial charge in [-0.05, 0) is 25.0 Å². The van der Waals surface area contributed by atoms with E-state index in [4.69, 9.17) is 4.74 Å². The highest BCUT2D eigenvalue weighted by atomic mass is 16.5. The molecule has 1 heterocycles. The molecule has 0 spiro atoms. The summed E-state index contributed by atoms with van der Waals surface area (Å²) in [5.74, 6) is -0.278. The van der Waals surface area contributed by atoms with Gasteiger partial charge in [-0.1, -0.05) is 24.3 Å². The SMILES string of the molecule is CCOC(=O)C=C[C@@H]1Cc2ccccc2N1. The number of benzene rings is 1. The Hall–Kier alpha value is -1.77. The van der Waals surface area contributed by atoms with Crippen molar-refractivity contribution >= 4 is 11.7 Å². The fraction of sp³-hybridized carbons (Fsp3) is 0.308. The van der Waals surface area contributed by atoms with Crippen LogP contribution >= 0.6 is 0 Å². The lowest BCUT2D eigenvalue weighted by Crippen LogP contribution is -2.12. The molecule has 84 valence electrons. The molecule has 0 bridgehead atoms. The van der Waals surface area contributed by atoms with Gasteiger partial charge < -0.3 is 10.1 Å². The molecule has 1 N–H and O–H groups in total. The zero-order valence-corrected chi connectivity index (χ0v) is 9.27. The van der Waals surface area contributed by atoms with Gasteiger partial charge in [0, 0.05) is 17.8 Å². The van der Waals surface area contributed by atoms with Crippen LogP contribution in [0.4, 0.5) is 5.69 Å². The molecule has 0 saturated heterocycles. The summed E-state index contributed by atoms with van der Waals surface area (Å²) in [5.41, 5.74) is 2.45. The summed E-state index contributed by atoms with van der Waals surface area (Å²) in [4.78, 5) is 11.1. The van der Waals surface area contributed by atoms with Crippen molar-refractivity contribution in [3.8, 4) is 0 Å². The Balaban J connectivity index is 1.94. The summed E-state index contributed by atoms with van der Waals surface area (Å²) in [6, 6.07) is 8.37.